The van der Waals surface area contributed by atoms with Gasteiger partial charge >= 0.3 is 5.97 Å². The van der Waals surface area contributed by atoms with Crippen LogP contribution in [0.3, 0.4) is 0 Å². The lowest BCUT2D eigenvalue weighted by atomic mass is 10.1. The molecule has 4 rings (SSSR count). The number of carboxylic acids is 1. The zero-order chi connectivity index (χ0) is 18.8. The standard InChI is InChI=1S/C19H19N3O5/c23-18(17-14(19(24)25)2-1-5-20-17)22-8-6-21(7-9-22)11-13-3-4-15-16(10-13)27-12-26-15/h1-5,10H,6-9,11-12H2,(H,24,25). The molecule has 0 atom stereocenters. The molecule has 8 heteroatoms. The van der Waals surface area contributed by atoms with Gasteiger partial charge < -0.3 is 19.5 Å². The first-order valence-electron chi connectivity index (χ1n) is 8.70. The van der Waals surface area contributed by atoms with Crippen LogP contribution in [0.2, 0.25) is 0 Å². The van der Waals surface area contributed by atoms with Crippen LogP contribution in [-0.4, -0.2) is 64.7 Å². The van der Waals surface area contributed by atoms with Crippen molar-refractivity contribution in [2.24, 2.45) is 0 Å². The van der Waals surface area contributed by atoms with E-state index in [1.165, 1.54) is 18.3 Å². The summed E-state index contributed by atoms with van der Waals surface area (Å²) in [5, 5.41) is 9.25. The van der Waals surface area contributed by atoms with Crippen LogP contribution in [0.15, 0.2) is 36.5 Å². The molecule has 0 saturated carbocycles. The molecule has 1 aromatic heterocycles. The highest BCUT2D eigenvalue weighted by Gasteiger charge is 2.26. The van der Waals surface area contributed by atoms with E-state index >= 15 is 0 Å². The number of carbonyl (C=O) groups excluding carboxylic acids is 1. The maximum absolute atomic E-state index is 12.7. The normalized spacial score (nSPS) is 16.4. The monoisotopic (exact) mass is 369 g/mol. The molecule has 1 fully saturated rings. The maximum atomic E-state index is 12.7. The van der Waals surface area contributed by atoms with Crippen LogP contribution in [-0.2, 0) is 6.54 Å². The second kappa shape index (κ2) is 7.24. The number of carboxylic acid groups (broad SMARTS) is 1. The van der Waals surface area contributed by atoms with Crippen molar-refractivity contribution in [3.05, 3.63) is 53.3 Å². The Balaban J connectivity index is 1.38. The van der Waals surface area contributed by atoms with E-state index in [1.54, 1.807) is 4.90 Å². The number of nitrogens with zero attached hydrogens (tertiary/aromatic N) is 3. The quantitative estimate of drug-likeness (QED) is 0.872. The summed E-state index contributed by atoms with van der Waals surface area (Å²) in [5.41, 5.74) is 1.05. The number of amides is 1. The summed E-state index contributed by atoms with van der Waals surface area (Å²) in [4.78, 5) is 31.9. The van der Waals surface area contributed by atoms with Crippen molar-refractivity contribution in [2.75, 3.05) is 33.0 Å². The Kier molecular flexibility index (Phi) is 4.64. The minimum absolute atomic E-state index is 0.00535. The van der Waals surface area contributed by atoms with E-state index in [0.29, 0.717) is 26.2 Å². The minimum Gasteiger partial charge on any atom is -0.478 e. The number of hydrogen-bond acceptors (Lipinski definition) is 6. The fourth-order valence-electron chi connectivity index (χ4n) is 3.30. The van der Waals surface area contributed by atoms with E-state index in [4.69, 9.17) is 9.47 Å². The second-order valence-electron chi connectivity index (χ2n) is 6.46. The molecule has 0 aliphatic carbocycles. The van der Waals surface area contributed by atoms with Crippen molar-refractivity contribution in [3.8, 4) is 11.5 Å². The van der Waals surface area contributed by atoms with Crippen LogP contribution < -0.4 is 9.47 Å². The molecule has 1 aromatic carbocycles. The van der Waals surface area contributed by atoms with E-state index < -0.39 is 5.97 Å². The molecule has 1 saturated heterocycles. The van der Waals surface area contributed by atoms with Gasteiger partial charge in [0.05, 0.1) is 5.56 Å². The molecule has 2 aliphatic rings. The molecule has 8 nitrogen and oxygen atoms in total. The fourth-order valence-corrected chi connectivity index (χ4v) is 3.30. The molecule has 3 heterocycles. The van der Waals surface area contributed by atoms with Crippen molar-refractivity contribution in [3.63, 3.8) is 0 Å². The molecule has 0 spiro atoms. The molecule has 2 aromatic rings. The molecule has 140 valence electrons. The van der Waals surface area contributed by atoms with Gasteiger partial charge in [0.25, 0.3) is 5.91 Å². The largest absolute Gasteiger partial charge is 0.478 e. The smallest absolute Gasteiger partial charge is 0.338 e. The summed E-state index contributed by atoms with van der Waals surface area (Å²) in [5.74, 6) is 0.0417. The minimum atomic E-state index is -1.15. The fraction of sp³-hybridized carbons (Fsp3) is 0.316. The molecular weight excluding hydrogens is 350 g/mol. The summed E-state index contributed by atoms with van der Waals surface area (Å²) >= 11 is 0. The highest BCUT2D eigenvalue weighted by Crippen LogP contribution is 2.32. The zero-order valence-corrected chi connectivity index (χ0v) is 14.6. The summed E-state index contributed by atoms with van der Waals surface area (Å²) in [6, 6.07) is 8.82. The summed E-state index contributed by atoms with van der Waals surface area (Å²) in [6.45, 7) is 3.47. The first-order chi connectivity index (χ1) is 13.1. The van der Waals surface area contributed by atoms with E-state index in [1.807, 2.05) is 18.2 Å². The SMILES string of the molecule is O=C(O)c1cccnc1C(=O)N1CCN(Cc2ccc3c(c2)OCO3)CC1. The first kappa shape index (κ1) is 17.3. The third-order valence-corrected chi connectivity index (χ3v) is 4.74. The molecule has 1 N–H and O–H groups in total. The molecule has 2 aliphatic heterocycles. The Hall–Kier alpha value is -3.13. The average molecular weight is 369 g/mol. The zero-order valence-electron chi connectivity index (χ0n) is 14.6. The Bertz CT molecular complexity index is 877. The van der Waals surface area contributed by atoms with E-state index in [9.17, 15) is 14.7 Å². The number of rotatable bonds is 4. The Morgan fingerprint density at radius 2 is 1.85 bits per heavy atom. The number of piperazine rings is 1. The van der Waals surface area contributed by atoms with Crippen molar-refractivity contribution >= 4 is 11.9 Å². The lowest BCUT2D eigenvalue weighted by molar-refractivity contribution is 0.0603. The van der Waals surface area contributed by atoms with E-state index in [-0.39, 0.29) is 24.0 Å². The number of fused-ring (bicyclic) bond motifs is 1. The third kappa shape index (κ3) is 3.56. The van der Waals surface area contributed by atoms with Gasteiger partial charge in [-0.05, 0) is 29.8 Å². The van der Waals surface area contributed by atoms with E-state index in [2.05, 4.69) is 9.88 Å². The van der Waals surface area contributed by atoms with Gasteiger partial charge in [0.1, 0.15) is 5.69 Å². The second-order valence-corrected chi connectivity index (χ2v) is 6.46. The number of aromatic carboxylic acids is 1. The van der Waals surface area contributed by atoms with Gasteiger partial charge in [0, 0.05) is 38.9 Å². The number of hydrogen-bond donors (Lipinski definition) is 1. The Morgan fingerprint density at radius 3 is 2.63 bits per heavy atom. The highest BCUT2D eigenvalue weighted by molar-refractivity contribution is 6.03. The molecular formula is C19H19N3O5. The number of aromatic nitrogens is 1. The maximum Gasteiger partial charge on any atom is 0.338 e. The van der Waals surface area contributed by atoms with Gasteiger partial charge in [-0.15, -0.1) is 0 Å². The van der Waals surface area contributed by atoms with Gasteiger partial charge in [-0.3, -0.25) is 14.7 Å². The van der Waals surface area contributed by atoms with Gasteiger partial charge in [-0.1, -0.05) is 6.07 Å². The molecule has 27 heavy (non-hydrogen) atoms. The lowest BCUT2D eigenvalue weighted by Crippen LogP contribution is -2.48. The van der Waals surface area contributed by atoms with Crippen molar-refractivity contribution < 1.29 is 24.2 Å². The number of benzene rings is 1. The lowest BCUT2D eigenvalue weighted by Gasteiger charge is -2.34. The van der Waals surface area contributed by atoms with Crippen LogP contribution in [0.5, 0.6) is 11.5 Å². The summed E-state index contributed by atoms with van der Waals surface area (Å²) in [6.07, 6.45) is 1.44. The van der Waals surface area contributed by atoms with Gasteiger partial charge in [-0.2, -0.15) is 0 Å². The molecule has 0 bridgehead atoms. The van der Waals surface area contributed by atoms with Crippen LogP contribution >= 0.6 is 0 Å². The Morgan fingerprint density at radius 1 is 1.07 bits per heavy atom. The summed E-state index contributed by atoms with van der Waals surface area (Å²) < 4.78 is 10.7. The van der Waals surface area contributed by atoms with Gasteiger partial charge in [-0.25, -0.2) is 4.79 Å². The highest BCUT2D eigenvalue weighted by atomic mass is 16.7. The topological polar surface area (TPSA) is 92.2 Å². The van der Waals surface area contributed by atoms with Crippen molar-refractivity contribution in [1.29, 1.82) is 0 Å². The molecule has 0 radical (unpaired) electrons. The van der Waals surface area contributed by atoms with E-state index in [0.717, 1.165) is 23.6 Å². The van der Waals surface area contributed by atoms with Crippen LogP contribution in [0, 0.1) is 0 Å². The molecule has 0 unspecified atom stereocenters. The molecule has 1 amide bonds. The number of pyridine rings is 1. The van der Waals surface area contributed by atoms with Crippen molar-refractivity contribution in [2.45, 2.75) is 6.54 Å². The van der Waals surface area contributed by atoms with Crippen LogP contribution in [0.4, 0.5) is 0 Å². The van der Waals surface area contributed by atoms with Gasteiger partial charge in [0.15, 0.2) is 11.5 Å². The average Bonchev–Trinajstić information content (AvgIpc) is 3.16. The third-order valence-electron chi connectivity index (χ3n) is 4.74. The number of carbonyl (C=O) groups is 2. The van der Waals surface area contributed by atoms with Crippen LogP contribution in [0.25, 0.3) is 0 Å². The van der Waals surface area contributed by atoms with Crippen LogP contribution in [0.1, 0.15) is 26.4 Å². The first-order valence-corrected chi connectivity index (χ1v) is 8.70. The predicted molar refractivity (Wildman–Crippen MR) is 94.9 cm³/mol. The summed E-state index contributed by atoms with van der Waals surface area (Å²) in [7, 11) is 0. The predicted octanol–water partition coefficient (Wildman–Crippen LogP) is 1.47. The number of ether oxygens (including phenoxy) is 2. The van der Waals surface area contributed by atoms with Crippen molar-refractivity contribution in [1.82, 2.24) is 14.8 Å². The Labute approximate surface area is 155 Å². The van der Waals surface area contributed by atoms with Gasteiger partial charge in [0.2, 0.25) is 6.79 Å².